The molecule has 120 valence electrons. The number of pyridine rings is 2. The van der Waals surface area contributed by atoms with Gasteiger partial charge in [-0.3, -0.25) is 9.59 Å². The highest BCUT2D eigenvalue weighted by Gasteiger charge is 2.15. The van der Waals surface area contributed by atoms with Crippen molar-refractivity contribution in [3.63, 3.8) is 0 Å². The molecule has 0 spiro atoms. The highest BCUT2D eigenvalue weighted by molar-refractivity contribution is 6.03. The number of nitrogens with zero attached hydrogens (tertiary/aromatic N) is 3. The van der Waals surface area contributed by atoms with Crippen LogP contribution in [0.3, 0.4) is 0 Å². The smallest absolute Gasteiger partial charge is 0.261 e. The lowest BCUT2D eigenvalue weighted by molar-refractivity contribution is 0.102. The predicted molar refractivity (Wildman–Crippen MR) is 89.0 cm³/mol. The number of carbonyl (C=O) groups excluding carboxylic acids is 1. The van der Waals surface area contributed by atoms with E-state index in [9.17, 15) is 9.59 Å². The van der Waals surface area contributed by atoms with Gasteiger partial charge < -0.3 is 20.1 Å². The molecule has 0 aliphatic carbocycles. The van der Waals surface area contributed by atoms with Crippen molar-refractivity contribution in [1.29, 1.82) is 0 Å². The van der Waals surface area contributed by atoms with Crippen molar-refractivity contribution in [2.75, 3.05) is 43.4 Å². The Morgan fingerprint density at radius 2 is 2.00 bits per heavy atom. The molecule has 0 saturated carbocycles. The van der Waals surface area contributed by atoms with E-state index in [-0.39, 0.29) is 5.56 Å². The summed E-state index contributed by atoms with van der Waals surface area (Å²) in [6, 6.07) is 6.79. The van der Waals surface area contributed by atoms with Crippen molar-refractivity contribution in [3.8, 4) is 0 Å². The molecule has 0 bridgehead atoms. The standard InChI is InChI=1S/C16H19N5O2/c1-20-7-9-21(10-8-20)14-5-4-12(11-18-14)19-16(23)13-3-2-6-17-15(13)22/h2-6,11H,7-10H2,1H3,(H,17,22)(H,19,23). The lowest BCUT2D eigenvalue weighted by atomic mass is 10.2. The molecule has 2 aromatic rings. The van der Waals surface area contributed by atoms with E-state index in [0.29, 0.717) is 5.69 Å². The second-order valence-electron chi connectivity index (χ2n) is 5.56. The second-order valence-corrected chi connectivity index (χ2v) is 5.56. The number of aromatic amines is 1. The van der Waals surface area contributed by atoms with Crippen molar-refractivity contribution in [2.24, 2.45) is 0 Å². The van der Waals surface area contributed by atoms with E-state index in [1.165, 1.54) is 12.3 Å². The molecular formula is C16H19N5O2. The molecule has 1 aliphatic rings. The topological polar surface area (TPSA) is 81.3 Å². The summed E-state index contributed by atoms with van der Waals surface area (Å²) in [4.78, 5) is 35.1. The number of nitrogens with one attached hydrogen (secondary N) is 2. The van der Waals surface area contributed by atoms with E-state index in [4.69, 9.17) is 0 Å². The van der Waals surface area contributed by atoms with Gasteiger partial charge in [0, 0.05) is 32.4 Å². The first kappa shape index (κ1) is 15.2. The average Bonchev–Trinajstić information content (AvgIpc) is 2.57. The number of aromatic nitrogens is 2. The number of amides is 1. The molecule has 0 aromatic carbocycles. The molecule has 2 N–H and O–H groups in total. The minimum Gasteiger partial charge on any atom is -0.354 e. The Labute approximate surface area is 134 Å². The summed E-state index contributed by atoms with van der Waals surface area (Å²) in [6.45, 7) is 3.90. The third kappa shape index (κ3) is 3.57. The van der Waals surface area contributed by atoms with Crippen LogP contribution in [0.2, 0.25) is 0 Å². The quantitative estimate of drug-likeness (QED) is 0.875. The van der Waals surface area contributed by atoms with Gasteiger partial charge >= 0.3 is 0 Å². The van der Waals surface area contributed by atoms with Gasteiger partial charge in [-0.05, 0) is 31.3 Å². The molecular weight excluding hydrogens is 294 g/mol. The Bertz CT molecular complexity index is 733. The highest BCUT2D eigenvalue weighted by Crippen LogP contribution is 2.16. The van der Waals surface area contributed by atoms with Crippen LogP contribution in [0.25, 0.3) is 0 Å². The zero-order chi connectivity index (χ0) is 16.2. The van der Waals surface area contributed by atoms with E-state index >= 15 is 0 Å². The molecule has 3 rings (SSSR count). The molecule has 0 unspecified atom stereocenters. The minimum absolute atomic E-state index is 0.0793. The third-order valence-electron chi connectivity index (χ3n) is 3.90. The van der Waals surface area contributed by atoms with E-state index in [1.54, 1.807) is 18.3 Å². The molecule has 1 aliphatic heterocycles. The summed E-state index contributed by atoms with van der Waals surface area (Å²) >= 11 is 0. The van der Waals surface area contributed by atoms with Crippen LogP contribution in [0.1, 0.15) is 10.4 Å². The van der Waals surface area contributed by atoms with Crippen LogP contribution >= 0.6 is 0 Å². The van der Waals surface area contributed by atoms with E-state index < -0.39 is 11.5 Å². The Morgan fingerprint density at radius 1 is 1.22 bits per heavy atom. The number of piperazine rings is 1. The summed E-state index contributed by atoms with van der Waals surface area (Å²) in [5.74, 6) is 0.453. The summed E-state index contributed by atoms with van der Waals surface area (Å²) in [7, 11) is 2.11. The van der Waals surface area contributed by atoms with Crippen LogP contribution in [0.15, 0.2) is 41.5 Å². The number of hydrogen-bond donors (Lipinski definition) is 2. The summed E-state index contributed by atoms with van der Waals surface area (Å²) in [6.07, 6.45) is 3.11. The normalized spacial score (nSPS) is 15.4. The summed E-state index contributed by atoms with van der Waals surface area (Å²) in [5.41, 5.74) is 0.235. The largest absolute Gasteiger partial charge is 0.354 e. The number of H-pyrrole nitrogens is 1. The van der Waals surface area contributed by atoms with E-state index in [2.05, 4.69) is 32.1 Å². The van der Waals surface area contributed by atoms with Gasteiger partial charge in [0.25, 0.3) is 11.5 Å². The van der Waals surface area contributed by atoms with Gasteiger partial charge in [0.05, 0.1) is 11.9 Å². The van der Waals surface area contributed by atoms with Crippen molar-refractivity contribution >= 4 is 17.4 Å². The van der Waals surface area contributed by atoms with Crippen LogP contribution < -0.4 is 15.8 Å². The maximum Gasteiger partial charge on any atom is 0.261 e. The van der Waals surface area contributed by atoms with Crippen LogP contribution in [0.4, 0.5) is 11.5 Å². The molecule has 3 heterocycles. The fourth-order valence-corrected chi connectivity index (χ4v) is 2.48. The number of carbonyl (C=O) groups is 1. The van der Waals surface area contributed by atoms with Crippen LogP contribution in [-0.2, 0) is 0 Å². The summed E-state index contributed by atoms with van der Waals surface area (Å²) < 4.78 is 0. The minimum atomic E-state index is -0.444. The molecule has 1 amide bonds. The maximum atomic E-state index is 12.1. The Hall–Kier alpha value is -2.67. The molecule has 1 fully saturated rings. The Morgan fingerprint density at radius 3 is 2.65 bits per heavy atom. The monoisotopic (exact) mass is 313 g/mol. The van der Waals surface area contributed by atoms with Crippen molar-refractivity contribution in [1.82, 2.24) is 14.9 Å². The Balaban J connectivity index is 1.67. The van der Waals surface area contributed by atoms with Crippen molar-refractivity contribution < 1.29 is 4.79 Å². The average molecular weight is 313 g/mol. The fourth-order valence-electron chi connectivity index (χ4n) is 2.48. The first-order chi connectivity index (χ1) is 11.1. The first-order valence-corrected chi connectivity index (χ1v) is 7.52. The van der Waals surface area contributed by atoms with Gasteiger partial charge in [-0.25, -0.2) is 4.98 Å². The van der Waals surface area contributed by atoms with E-state index in [0.717, 1.165) is 32.0 Å². The van der Waals surface area contributed by atoms with Gasteiger partial charge in [-0.1, -0.05) is 0 Å². The lowest BCUT2D eigenvalue weighted by Gasteiger charge is -2.33. The molecule has 7 heteroatoms. The number of rotatable bonds is 3. The van der Waals surface area contributed by atoms with Gasteiger partial charge in [0.1, 0.15) is 11.4 Å². The first-order valence-electron chi connectivity index (χ1n) is 7.52. The molecule has 7 nitrogen and oxygen atoms in total. The third-order valence-corrected chi connectivity index (χ3v) is 3.90. The number of anilines is 2. The van der Waals surface area contributed by atoms with Crippen molar-refractivity contribution in [2.45, 2.75) is 0 Å². The van der Waals surface area contributed by atoms with Gasteiger partial charge in [-0.15, -0.1) is 0 Å². The second kappa shape index (κ2) is 6.62. The zero-order valence-electron chi connectivity index (χ0n) is 13.0. The Kier molecular flexibility index (Phi) is 4.38. The van der Waals surface area contributed by atoms with Crippen molar-refractivity contribution in [3.05, 3.63) is 52.6 Å². The highest BCUT2D eigenvalue weighted by atomic mass is 16.2. The van der Waals surface area contributed by atoms with Crippen LogP contribution in [0.5, 0.6) is 0 Å². The SMILES string of the molecule is CN1CCN(c2ccc(NC(=O)c3ccc[nH]c3=O)cn2)CC1. The maximum absolute atomic E-state index is 12.1. The predicted octanol–water partition coefficient (Wildman–Crippen LogP) is 0.774. The summed E-state index contributed by atoms with van der Waals surface area (Å²) in [5, 5.41) is 2.69. The van der Waals surface area contributed by atoms with Gasteiger partial charge in [-0.2, -0.15) is 0 Å². The molecule has 0 atom stereocenters. The molecule has 23 heavy (non-hydrogen) atoms. The van der Waals surface area contributed by atoms with Crippen LogP contribution in [-0.4, -0.2) is 54.0 Å². The van der Waals surface area contributed by atoms with Gasteiger partial charge in [0.2, 0.25) is 0 Å². The number of likely N-dealkylation sites (N-methyl/N-ethyl adjacent to an activating group) is 1. The van der Waals surface area contributed by atoms with Gasteiger partial charge in [0.15, 0.2) is 0 Å². The number of hydrogen-bond acceptors (Lipinski definition) is 5. The fraction of sp³-hybridized carbons (Fsp3) is 0.312. The molecule has 2 aromatic heterocycles. The molecule has 0 radical (unpaired) electrons. The zero-order valence-corrected chi connectivity index (χ0v) is 13.0. The lowest BCUT2D eigenvalue weighted by Crippen LogP contribution is -2.44. The van der Waals surface area contributed by atoms with E-state index in [1.807, 2.05) is 6.07 Å². The molecule has 1 saturated heterocycles. The van der Waals surface area contributed by atoms with Crippen LogP contribution in [0, 0.1) is 0 Å².